The first-order valence-corrected chi connectivity index (χ1v) is 7.41. The molecule has 1 aliphatic rings. The van der Waals surface area contributed by atoms with Gasteiger partial charge in [-0.25, -0.2) is 4.39 Å². The summed E-state index contributed by atoms with van der Waals surface area (Å²) >= 11 is 6.06. The van der Waals surface area contributed by atoms with Crippen molar-refractivity contribution in [3.63, 3.8) is 0 Å². The van der Waals surface area contributed by atoms with Crippen LogP contribution in [0.3, 0.4) is 0 Å². The highest BCUT2D eigenvalue weighted by molar-refractivity contribution is 6.31. The van der Waals surface area contributed by atoms with Crippen LogP contribution < -0.4 is 5.32 Å². The van der Waals surface area contributed by atoms with E-state index < -0.39 is 0 Å². The number of amides is 1. The van der Waals surface area contributed by atoms with Crippen LogP contribution in [0.25, 0.3) is 0 Å². The summed E-state index contributed by atoms with van der Waals surface area (Å²) in [5.41, 5.74) is 0.905. The molecular formula is C15H20ClFN2O2. The monoisotopic (exact) mass is 314 g/mol. The molecule has 2 rings (SSSR count). The van der Waals surface area contributed by atoms with Crippen molar-refractivity contribution >= 4 is 17.5 Å². The van der Waals surface area contributed by atoms with Crippen molar-refractivity contribution in [2.45, 2.75) is 25.4 Å². The second kappa shape index (κ2) is 7.73. The highest BCUT2D eigenvalue weighted by atomic mass is 35.5. The van der Waals surface area contributed by atoms with Gasteiger partial charge in [-0.15, -0.1) is 0 Å². The molecule has 0 unspecified atom stereocenters. The Kier molecular flexibility index (Phi) is 5.96. The van der Waals surface area contributed by atoms with E-state index >= 15 is 0 Å². The van der Waals surface area contributed by atoms with E-state index in [1.165, 1.54) is 19.2 Å². The highest BCUT2D eigenvalue weighted by Gasteiger charge is 2.21. The summed E-state index contributed by atoms with van der Waals surface area (Å²) in [5.74, 6) is -0.420. The van der Waals surface area contributed by atoms with Crippen LogP contribution in [-0.4, -0.2) is 43.7 Å². The van der Waals surface area contributed by atoms with Crippen LogP contribution in [0.15, 0.2) is 18.2 Å². The lowest BCUT2D eigenvalue weighted by molar-refractivity contribution is -0.125. The van der Waals surface area contributed by atoms with Crippen molar-refractivity contribution in [3.05, 3.63) is 34.6 Å². The Labute approximate surface area is 129 Å². The molecule has 1 aromatic carbocycles. The topological polar surface area (TPSA) is 41.6 Å². The van der Waals surface area contributed by atoms with Gasteiger partial charge in [-0.05, 0) is 37.1 Å². The first-order chi connectivity index (χ1) is 10.1. The lowest BCUT2D eigenvalue weighted by Crippen LogP contribution is -2.48. The van der Waals surface area contributed by atoms with E-state index in [0.717, 1.165) is 31.5 Å². The summed E-state index contributed by atoms with van der Waals surface area (Å²) in [6.07, 6.45) is 1.97. The van der Waals surface area contributed by atoms with Gasteiger partial charge in [0.2, 0.25) is 5.91 Å². The van der Waals surface area contributed by atoms with Crippen molar-refractivity contribution in [2.75, 3.05) is 26.8 Å². The van der Waals surface area contributed by atoms with Gasteiger partial charge in [0.15, 0.2) is 0 Å². The molecule has 1 N–H and O–H groups in total. The number of nitrogens with one attached hydrogen (secondary N) is 1. The molecule has 1 amide bonds. The number of nitrogens with zero attached hydrogens (tertiary/aromatic N) is 1. The summed E-state index contributed by atoms with van der Waals surface area (Å²) in [4.78, 5) is 13.8. The molecule has 116 valence electrons. The van der Waals surface area contributed by atoms with Gasteiger partial charge in [-0.3, -0.25) is 9.69 Å². The van der Waals surface area contributed by atoms with Crippen LogP contribution in [0, 0.1) is 5.82 Å². The number of methoxy groups -OCH3 is 1. The van der Waals surface area contributed by atoms with Gasteiger partial charge in [-0.2, -0.15) is 0 Å². The molecule has 0 saturated carbocycles. The van der Waals surface area contributed by atoms with Crippen LogP contribution in [-0.2, 0) is 16.1 Å². The van der Waals surface area contributed by atoms with Gasteiger partial charge in [0.1, 0.15) is 12.4 Å². The number of halogens is 2. The van der Waals surface area contributed by atoms with E-state index in [9.17, 15) is 9.18 Å². The molecule has 0 aliphatic carbocycles. The molecule has 0 radical (unpaired) electrons. The number of carbonyl (C=O) groups is 1. The van der Waals surface area contributed by atoms with Crippen molar-refractivity contribution < 1.29 is 13.9 Å². The second-order valence-corrected chi connectivity index (χ2v) is 5.72. The van der Waals surface area contributed by atoms with E-state index in [4.69, 9.17) is 16.3 Å². The molecule has 6 heteroatoms. The van der Waals surface area contributed by atoms with E-state index in [-0.39, 0.29) is 24.4 Å². The number of piperidine rings is 1. The number of benzene rings is 1. The first kappa shape index (κ1) is 16.2. The zero-order chi connectivity index (χ0) is 15.2. The fourth-order valence-electron chi connectivity index (χ4n) is 2.61. The Morgan fingerprint density at radius 2 is 2.38 bits per heavy atom. The largest absolute Gasteiger partial charge is 0.375 e. The predicted octanol–water partition coefficient (Wildman–Crippen LogP) is 2.21. The Balaban J connectivity index is 1.90. The smallest absolute Gasteiger partial charge is 0.246 e. The average molecular weight is 315 g/mol. The predicted molar refractivity (Wildman–Crippen MR) is 79.7 cm³/mol. The lowest BCUT2D eigenvalue weighted by Gasteiger charge is -2.33. The third kappa shape index (κ3) is 4.95. The minimum Gasteiger partial charge on any atom is -0.375 e. The standard InChI is InChI=1S/C15H20ClFN2O2/c1-21-10-15(20)18-13-3-2-6-19(9-13)8-11-4-5-12(17)7-14(11)16/h4-5,7,13H,2-3,6,8-10H2,1H3,(H,18,20)/t13-/m1/s1. The maximum Gasteiger partial charge on any atom is 0.246 e. The van der Waals surface area contributed by atoms with E-state index in [0.29, 0.717) is 11.6 Å². The Morgan fingerprint density at radius 1 is 1.57 bits per heavy atom. The number of ether oxygens (including phenoxy) is 1. The summed E-state index contributed by atoms with van der Waals surface area (Å²) < 4.78 is 17.9. The van der Waals surface area contributed by atoms with E-state index in [1.807, 2.05) is 0 Å². The minimum absolute atomic E-state index is 0.0836. The van der Waals surface area contributed by atoms with E-state index in [1.54, 1.807) is 6.07 Å². The molecule has 0 spiro atoms. The molecule has 1 atom stereocenters. The molecule has 1 aliphatic heterocycles. The molecule has 0 aromatic heterocycles. The quantitative estimate of drug-likeness (QED) is 0.906. The molecule has 21 heavy (non-hydrogen) atoms. The highest BCUT2D eigenvalue weighted by Crippen LogP contribution is 2.21. The first-order valence-electron chi connectivity index (χ1n) is 7.03. The zero-order valence-electron chi connectivity index (χ0n) is 12.1. The van der Waals surface area contributed by atoms with Gasteiger partial charge in [0.25, 0.3) is 0 Å². The molecule has 1 aromatic rings. The normalized spacial score (nSPS) is 19.5. The summed E-state index contributed by atoms with van der Waals surface area (Å²) in [6, 6.07) is 4.59. The summed E-state index contributed by atoms with van der Waals surface area (Å²) in [7, 11) is 1.50. The van der Waals surface area contributed by atoms with Gasteiger partial charge in [-0.1, -0.05) is 17.7 Å². The molecular weight excluding hydrogens is 295 g/mol. The molecule has 4 nitrogen and oxygen atoms in total. The van der Waals surface area contributed by atoms with Crippen LogP contribution in [0.5, 0.6) is 0 Å². The molecule has 0 bridgehead atoms. The fourth-order valence-corrected chi connectivity index (χ4v) is 2.84. The maximum atomic E-state index is 13.0. The summed E-state index contributed by atoms with van der Waals surface area (Å²) in [5, 5.41) is 3.41. The number of likely N-dealkylation sites (tertiary alicyclic amines) is 1. The van der Waals surface area contributed by atoms with Crippen molar-refractivity contribution in [1.29, 1.82) is 0 Å². The van der Waals surface area contributed by atoms with Crippen LogP contribution in [0.2, 0.25) is 5.02 Å². The van der Waals surface area contributed by atoms with Crippen LogP contribution in [0.1, 0.15) is 18.4 Å². The van der Waals surface area contributed by atoms with Crippen molar-refractivity contribution in [2.24, 2.45) is 0 Å². The Morgan fingerprint density at radius 3 is 3.10 bits per heavy atom. The maximum absolute atomic E-state index is 13.0. The number of hydrogen-bond acceptors (Lipinski definition) is 3. The summed E-state index contributed by atoms with van der Waals surface area (Å²) in [6.45, 7) is 2.46. The number of rotatable bonds is 5. The van der Waals surface area contributed by atoms with Crippen molar-refractivity contribution in [1.82, 2.24) is 10.2 Å². The van der Waals surface area contributed by atoms with Gasteiger partial charge in [0.05, 0.1) is 0 Å². The van der Waals surface area contributed by atoms with Crippen LogP contribution in [0.4, 0.5) is 4.39 Å². The minimum atomic E-state index is -0.327. The average Bonchev–Trinajstić information content (AvgIpc) is 2.42. The third-order valence-electron chi connectivity index (χ3n) is 3.56. The zero-order valence-corrected chi connectivity index (χ0v) is 12.8. The van der Waals surface area contributed by atoms with Gasteiger partial charge >= 0.3 is 0 Å². The molecule has 1 fully saturated rings. The second-order valence-electron chi connectivity index (χ2n) is 5.31. The number of carbonyl (C=O) groups excluding carboxylic acids is 1. The van der Waals surface area contributed by atoms with Crippen molar-refractivity contribution in [3.8, 4) is 0 Å². The van der Waals surface area contributed by atoms with Crippen LogP contribution >= 0.6 is 11.6 Å². The molecule has 1 heterocycles. The SMILES string of the molecule is COCC(=O)N[C@@H]1CCCN(Cc2ccc(F)cc2Cl)C1. The van der Waals surface area contributed by atoms with Gasteiger partial charge in [0, 0.05) is 31.3 Å². The number of hydrogen-bond donors (Lipinski definition) is 1. The third-order valence-corrected chi connectivity index (χ3v) is 3.91. The fraction of sp³-hybridized carbons (Fsp3) is 0.533. The molecule has 1 saturated heterocycles. The Bertz CT molecular complexity index is 499. The lowest BCUT2D eigenvalue weighted by atomic mass is 10.0. The van der Waals surface area contributed by atoms with E-state index in [2.05, 4.69) is 10.2 Å². The Hall–Kier alpha value is -1.17. The van der Waals surface area contributed by atoms with Gasteiger partial charge < -0.3 is 10.1 Å².